The average Bonchev–Trinajstić information content (AvgIpc) is 2.64. The molecule has 1 fully saturated rings. The molecule has 0 spiro atoms. The van der Waals surface area contributed by atoms with Gasteiger partial charge in [0, 0.05) is 5.39 Å². The lowest BCUT2D eigenvalue weighted by atomic mass is 9.77. The summed E-state index contributed by atoms with van der Waals surface area (Å²) in [6.07, 6.45) is 11.6. The Balaban J connectivity index is 1.76. The van der Waals surface area contributed by atoms with Gasteiger partial charge in [-0.15, -0.1) is 0 Å². The Labute approximate surface area is 150 Å². The first-order valence-electron chi connectivity index (χ1n) is 9.69. The quantitative estimate of drug-likeness (QED) is 0.514. The third kappa shape index (κ3) is 4.23. The molecule has 0 N–H and O–H groups in total. The highest BCUT2D eigenvalue weighted by Crippen LogP contribution is 2.39. The summed E-state index contributed by atoms with van der Waals surface area (Å²) in [6, 6.07) is 9.96. The predicted molar refractivity (Wildman–Crippen MR) is 104 cm³/mol. The maximum absolute atomic E-state index is 14.7. The molecule has 0 aliphatic heterocycles. The van der Waals surface area contributed by atoms with E-state index in [-0.39, 0.29) is 5.82 Å². The number of ether oxygens (including phenoxy) is 1. The van der Waals surface area contributed by atoms with Gasteiger partial charge in [-0.2, -0.15) is 0 Å². The van der Waals surface area contributed by atoms with Crippen LogP contribution in [0.3, 0.4) is 0 Å². The van der Waals surface area contributed by atoms with Crippen molar-refractivity contribution in [1.82, 2.24) is 0 Å². The molecule has 134 valence electrons. The largest absolute Gasteiger partial charge is 0.486 e. The number of allylic oxidation sites excluding steroid dienone is 1. The van der Waals surface area contributed by atoms with E-state index in [2.05, 4.69) is 19.1 Å². The van der Waals surface area contributed by atoms with Crippen LogP contribution >= 0.6 is 0 Å². The summed E-state index contributed by atoms with van der Waals surface area (Å²) in [5.74, 6) is 1.63. The number of benzene rings is 2. The zero-order chi connectivity index (χ0) is 17.6. The zero-order valence-corrected chi connectivity index (χ0v) is 15.4. The average molecular weight is 340 g/mol. The lowest BCUT2D eigenvalue weighted by molar-refractivity contribution is 0.308. The second kappa shape index (κ2) is 8.51. The van der Waals surface area contributed by atoms with Gasteiger partial charge in [-0.3, -0.25) is 0 Å². The summed E-state index contributed by atoms with van der Waals surface area (Å²) in [5.41, 5.74) is 1.37. The Bertz CT molecular complexity index is 726. The van der Waals surface area contributed by atoms with Crippen LogP contribution < -0.4 is 4.74 Å². The van der Waals surface area contributed by atoms with Crippen molar-refractivity contribution in [2.24, 2.45) is 5.92 Å². The summed E-state index contributed by atoms with van der Waals surface area (Å²) in [5, 5.41) is 1.63. The molecule has 2 aromatic carbocycles. The lowest BCUT2D eigenvalue weighted by Gasteiger charge is -2.28. The number of fused-ring (bicyclic) bond motifs is 1. The van der Waals surface area contributed by atoms with Crippen molar-refractivity contribution >= 4 is 10.8 Å². The van der Waals surface area contributed by atoms with Gasteiger partial charge in [-0.1, -0.05) is 56.2 Å². The fourth-order valence-corrected chi connectivity index (χ4v) is 4.08. The van der Waals surface area contributed by atoms with Crippen molar-refractivity contribution in [3.63, 3.8) is 0 Å². The molecule has 1 nitrogen and oxygen atoms in total. The molecule has 0 heterocycles. The molecular formula is C23H29FO. The standard InChI is InChI=1S/C23H29FO/c1-3-5-15-25-22-14-12-20-16-19(11-13-21(20)23(22)24)18-9-7-17(6-4-2)8-10-18/h3,5,11-14,16-18H,4,6-10,15H2,1-2H3. The van der Waals surface area contributed by atoms with E-state index >= 15 is 0 Å². The number of rotatable bonds is 6. The summed E-state index contributed by atoms with van der Waals surface area (Å²) >= 11 is 0. The highest BCUT2D eigenvalue weighted by molar-refractivity contribution is 5.85. The molecule has 0 radical (unpaired) electrons. The van der Waals surface area contributed by atoms with Gasteiger partial charge in [0.25, 0.3) is 0 Å². The van der Waals surface area contributed by atoms with Crippen LogP contribution in [-0.2, 0) is 0 Å². The molecule has 2 heteroatoms. The van der Waals surface area contributed by atoms with Gasteiger partial charge in [0.15, 0.2) is 11.6 Å². The smallest absolute Gasteiger partial charge is 0.172 e. The molecule has 1 aliphatic rings. The van der Waals surface area contributed by atoms with E-state index < -0.39 is 0 Å². The van der Waals surface area contributed by atoms with E-state index in [9.17, 15) is 4.39 Å². The van der Waals surface area contributed by atoms with Gasteiger partial charge in [0.1, 0.15) is 6.61 Å². The van der Waals surface area contributed by atoms with Crippen LogP contribution in [0.2, 0.25) is 0 Å². The number of halogens is 1. The Kier molecular flexibility index (Phi) is 6.12. The highest BCUT2D eigenvalue weighted by atomic mass is 19.1. The summed E-state index contributed by atoms with van der Waals surface area (Å²) in [4.78, 5) is 0. The fraction of sp³-hybridized carbons (Fsp3) is 0.478. The zero-order valence-electron chi connectivity index (χ0n) is 15.4. The number of hydrogen-bond donors (Lipinski definition) is 0. The fourth-order valence-electron chi connectivity index (χ4n) is 4.08. The van der Waals surface area contributed by atoms with Crippen LogP contribution in [0.5, 0.6) is 5.75 Å². The maximum Gasteiger partial charge on any atom is 0.172 e. The summed E-state index contributed by atoms with van der Waals surface area (Å²) in [6.45, 7) is 4.61. The second-order valence-corrected chi connectivity index (χ2v) is 7.24. The minimum Gasteiger partial charge on any atom is -0.486 e. The first-order chi connectivity index (χ1) is 12.2. The van der Waals surface area contributed by atoms with Gasteiger partial charge in [-0.25, -0.2) is 4.39 Å². The Morgan fingerprint density at radius 2 is 1.92 bits per heavy atom. The molecular weight excluding hydrogens is 311 g/mol. The van der Waals surface area contributed by atoms with E-state index in [1.54, 1.807) is 6.07 Å². The van der Waals surface area contributed by atoms with Crippen LogP contribution in [-0.4, -0.2) is 6.61 Å². The third-order valence-corrected chi connectivity index (χ3v) is 5.53. The van der Waals surface area contributed by atoms with Gasteiger partial charge in [0.2, 0.25) is 0 Å². The molecule has 0 bridgehead atoms. The van der Waals surface area contributed by atoms with Gasteiger partial charge >= 0.3 is 0 Å². The Hall–Kier alpha value is -1.83. The molecule has 0 saturated heterocycles. The SMILES string of the molecule is CC=CCOc1ccc2cc(C3CCC(CCC)CC3)ccc2c1F. The minimum atomic E-state index is -0.250. The Morgan fingerprint density at radius 3 is 2.64 bits per heavy atom. The van der Waals surface area contributed by atoms with Crippen molar-refractivity contribution in [2.75, 3.05) is 6.61 Å². The Morgan fingerprint density at radius 1 is 1.12 bits per heavy atom. The molecule has 0 unspecified atom stereocenters. The van der Waals surface area contributed by atoms with Gasteiger partial charge < -0.3 is 4.74 Å². The van der Waals surface area contributed by atoms with Gasteiger partial charge in [-0.05, 0) is 61.5 Å². The summed E-state index contributed by atoms with van der Waals surface area (Å²) < 4.78 is 20.2. The topological polar surface area (TPSA) is 9.23 Å². The van der Waals surface area contributed by atoms with Crippen LogP contribution in [0.25, 0.3) is 10.8 Å². The van der Waals surface area contributed by atoms with E-state index in [0.717, 1.165) is 11.3 Å². The molecule has 1 aliphatic carbocycles. The van der Waals surface area contributed by atoms with E-state index in [4.69, 9.17) is 4.74 Å². The molecule has 0 amide bonds. The van der Waals surface area contributed by atoms with Crippen molar-refractivity contribution in [2.45, 2.75) is 58.3 Å². The van der Waals surface area contributed by atoms with E-state index in [0.29, 0.717) is 23.7 Å². The van der Waals surface area contributed by atoms with E-state index in [1.807, 2.05) is 31.2 Å². The van der Waals surface area contributed by atoms with Gasteiger partial charge in [0.05, 0.1) is 0 Å². The molecule has 2 aromatic rings. The lowest BCUT2D eigenvalue weighted by Crippen LogP contribution is -2.13. The molecule has 0 aromatic heterocycles. The molecule has 0 atom stereocenters. The van der Waals surface area contributed by atoms with E-state index in [1.165, 1.54) is 44.1 Å². The first-order valence-corrected chi connectivity index (χ1v) is 9.69. The van der Waals surface area contributed by atoms with Crippen LogP contribution in [0.4, 0.5) is 4.39 Å². The molecule has 25 heavy (non-hydrogen) atoms. The molecule has 3 rings (SSSR count). The van der Waals surface area contributed by atoms with Crippen LogP contribution in [0, 0.1) is 11.7 Å². The van der Waals surface area contributed by atoms with Crippen molar-refractivity contribution < 1.29 is 9.13 Å². The highest BCUT2D eigenvalue weighted by Gasteiger charge is 2.22. The van der Waals surface area contributed by atoms with Crippen molar-refractivity contribution in [1.29, 1.82) is 0 Å². The normalized spacial score (nSPS) is 21.1. The third-order valence-electron chi connectivity index (χ3n) is 5.53. The van der Waals surface area contributed by atoms with Crippen LogP contribution in [0.15, 0.2) is 42.5 Å². The summed E-state index contributed by atoms with van der Waals surface area (Å²) in [7, 11) is 0. The van der Waals surface area contributed by atoms with Crippen LogP contribution in [0.1, 0.15) is 63.9 Å². The van der Waals surface area contributed by atoms with Crippen molar-refractivity contribution in [3.8, 4) is 5.75 Å². The first kappa shape index (κ1) is 18.0. The monoisotopic (exact) mass is 340 g/mol. The number of hydrogen-bond acceptors (Lipinski definition) is 1. The second-order valence-electron chi connectivity index (χ2n) is 7.24. The van der Waals surface area contributed by atoms with Crippen molar-refractivity contribution in [3.05, 3.63) is 53.9 Å². The maximum atomic E-state index is 14.7. The molecule has 1 saturated carbocycles. The predicted octanol–water partition coefficient (Wildman–Crippen LogP) is 7.01. The minimum absolute atomic E-state index is 0.250.